The minimum Gasteiger partial charge on any atom is -0.606 e. The van der Waals surface area contributed by atoms with Crippen LogP contribution in [0.1, 0.15) is 0 Å². The van der Waals surface area contributed by atoms with E-state index in [4.69, 9.17) is 10.8 Å². The Bertz CT molecular complexity index is 284. The zero-order valence-electron chi connectivity index (χ0n) is 5.47. The lowest BCUT2D eigenvalue weighted by molar-refractivity contribution is -0.152. The van der Waals surface area contributed by atoms with E-state index >= 15 is 0 Å². The average molecular weight is 175 g/mol. The first-order valence-corrected chi connectivity index (χ1v) is 4.01. The van der Waals surface area contributed by atoms with Crippen molar-refractivity contribution in [3.8, 4) is 0 Å². The van der Waals surface area contributed by atoms with Crippen molar-refractivity contribution in [3.05, 3.63) is 5.93 Å². The number of aliphatic carboxylic acids is 1. The number of nitrogen functional groups attached to an aromatic ring is 1. The van der Waals surface area contributed by atoms with Crippen LogP contribution in [0.15, 0.2) is 5.93 Å². The summed E-state index contributed by atoms with van der Waals surface area (Å²) in [4.78, 5) is 20.8. The summed E-state index contributed by atoms with van der Waals surface area (Å²) in [5, 5.41) is 8.31. The van der Waals surface area contributed by atoms with Crippen molar-refractivity contribution < 1.29 is 14.8 Å². The van der Waals surface area contributed by atoms with Crippen LogP contribution < -0.4 is 10.6 Å². The standard InChI is InChI=1S/C4H6N3O3P/c5-4-6-11(10)2-7(4)1-3(8)9/h2H,1H2,(H2,5,6)(H,8,9). The lowest BCUT2D eigenvalue weighted by Gasteiger charge is -1.93. The summed E-state index contributed by atoms with van der Waals surface area (Å²) in [5.74, 6) is 0.150. The number of nitrogens with zero attached hydrogens (tertiary/aromatic N) is 2. The van der Waals surface area contributed by atoms with Gasteiger partial charge >= 0.3 is 5.97 Å². The van der Waals surface area contributed by atoms with Crippen molar-refractivity contribution in [3.63, 3.8) is 0 Å². The van der Waals surface area contributed by atoms with E-state index in [1.165, 1.54) is 5.93 Å². The lowest BCUT2D eigenvalue weighted by Crippen LogP contribution is -2.10. The molecule has 0 bridgehead atoms. The second-order valence-electron chi connectivity index (χ2n) is 1.90. The zero-order valence-corrected chi connectivity index (χ0v) is 6.36. The minimum atomic E-state index is -1.82. The summed E-state index contributed by atoms with van der Waals surface area (Å²) < 4.78 is 4.57. The molecule has 0 saturated carbocycles. The molecule has 0 amide bonds. The van der Waals surface area contributed by atoms with Gasteiger partial charge in [0.2, 0.25) is 19.8 Å². The molecule has 7 heteroatoms. The fourth-order valence-electron chi connectivity index (χ4n) is 0.630. The SMILES string of the molecule is Nc1n[p+]([O-])cn1CC(=O)O. The largest absolute Gasteiger partial charge is 0.606 e. The third-order valence-corrected chi connectivity index (χ3v) is 1.92. The predicted octanol–water partition coefficient (Wildman–Crippen LogP) is -1.06. The van der Waals surface area contributed by atoms with Crippen molar-refractivity contribution >= 4 is 19.8 Å². The summed E-state index contributed by atoms with van der Waals surface area (Å²) >= 11 is 0. The molecule has 60 valence electrons. The first-order chi connectivity index (χ1) is 5.09. The molecular formula is C4H6N3O3P. The van der Waals surface area contributed by atoms with Gasteiger partial charge in [0, 0.05) is 0 Å². The maximum atomic E-state index is 10.6. The number of aromatic nitrogens is 2. The molecule has 0 radical (unpaired) electrons. The summed E-state index contributed by atoms with van der Waals surface area (Å²) in [6.07, 6.45) is 0. The van der Waals surface area contributed by atoms with Crippen LogP contribution in [0.25, 0.3) is 0 Å². The molecule has 0 fully saturated rings. The van der Waals surface area contributed by atoms with Gasteiger partial charge in [-0.3, -0.25) is 9.36 Å². The fourth-order valence-corrected chi connectivity index (χ4v) is 1.44. The molecule has 1 heterocycles. The maximum Gasteiger partial charge on any atom is 0.323 e. The lowest BCUT2D eigenvalue weighted by atomic mass is 10.6. The van der Waals surface area contributed by atoms with Gasteiger partial charge in [-0.2, -0.15) is 0 Å². The summed E-state index contributed by atoms with van der Waals surface area (Å²) in [6.45, 7) is -0.295. The van der Waals surface area contributed by atoms with Gasteiger partial charge in [0.1, 0.15) is 6.54 Å². The summed E-state index contributed by atoms with van der Waals surface area (Å²) in [6, 6.07) is 0. The molecule has 1 aromatic heterocycles. The molecule has 0 spiro atoms. The van der Waals surface area contributed by atoms with Crippen LogP contribution >= 0.6 is 7.92 Å². The van der Waals surface area contributed by atoms with E-state index in [0.29, 0.717) is 0 Å². The van der Waals surface area contributed by atoms with E-state index in [-0.39, 0.29) is 12.5 Å². The van der Waals surface area contributed by atoms with Gasteiger partial charge in [-0.05, 0) is 4.75 Å². The molecule has 1 aromatic rings. The van der Waals surface area contributed by atoms with Gasteiger partial charge in [-0.15, -0.1) is 0 Å². The van der Waals surface area contributed by atoms with Gasteiger partial charge in [0.25, 0.3) is 0 Å². The Morgan fingerprint density at radius 3 is 3.00 bits per heavy atom. The summed E-state index contributed by atoms with van der Waals surface area (Å²) in [7, 11) is -1.82. The van der Waals surface area contributed by atoms with Crippen LogP contribution in [-0.4, -0.2) is 20.4 Å². The molecule has 0 aliphatic carbocycles. The topological polar surface area (TPSA) is 104 Å². The van der Waals surface area contributed by atoms with Crippen LogP contribution in [0.2, 0.25) is 0 Å². The zero-order chi connectivity index (χ0) is 8.43. The fraction of sp³-hybridized carbons (Fsp3) is 0.250. The number of anilines is 1. The van der Waals surface area contributed by atoms with E-state index in [0.717, 1.165) is 4.57 Å². The number of carboxylic acids is 1. The highest BCUT2D eigenvalue weighted by Gasteiger charge is 2.09. The van der Waals surface area contributed by atoms with Crippen molar-refractivity contribution in [2.75, 3.05) is 5.73 Å². The van der Waals surface area contributed by atoms with Crippen molar-refractivity contribution in [1.29, 1.82) is 0 Å². The normalized spacial score (nSPS) is 11.5. The number of hydrogen-bond donors (Lipinski definition) is 2. The molecule has 11 heavy (non-hydrogen) atoms. The quantitative estimate of drug-likeness (QED) is 0.596. The first-order valence-electron chi connectivity index (χ1n) is 2.73. The Morgan fingerprint density at radius 1 is 2.00 bits per heavy atom. The van der Waals surface area contributed by atoms with Crippen molar-refractivity contribution in [2.45, 2.75) is 6.54 Å². The van der Waals surface area contributed by atoms with Crippen LogP contribution in [0.4, 0.5) is 5.95 Å². The number of carbonyl (C=O) groups is 1. The monoisotopic (exact) mass is 175 g/mol. The number of hydrogen-bond acceptors (Lipinski definition) is 4. The Kier molecular flexibility index (Phi) is 2.07. The Balaban J connectivity index is 2.85. The highest BCUT2D eigenvalue weighted by atomic mass is 31.1. The van der Waals surface area contributed by atoms with Crippen molar-refractivity contribution in [2.24, 2.45) is 0 Å². The van der Waals surface area contributed by atoms with E-state index < -0.39 is 13.9 Å². The van der Waals surface area contributed by atoms with Crippen LogP contribution in [0.5, 0.6) is 0 Å². The van der Waals surface area contributed by atoms with Crippen LogP contribution in [0, 0.1) is 0 Å². The number of rotatable bonds is 2. The Morgan fingerprint density at radius 2 is 2.64 bits per heavy atom. The average Bonchev–Trinajstić information content (AvgIpc) is 2.09. The molecule has 1 rings (SSSR count). The van der Waals surface area contributed by atoms with Crippen LogP contribution in [-0.2, 0) is 11.3 Å². The number of nitrogens with two attached hydrogens (primary N) is 1. The second-order valence-corrected chi connectivity index (χ2v) is 2.93. The van der Waals surface area contributed by atoms with Crippen molar-refractivity contribution in [1.82, 2.24) is 9.31 Å². The predicted molar refractivity (Wildman–Crippen MR) is 36.8 cm³/mol. The molecule has 3 N–H and O–H groups in total. The Hall–Kier alpha value is -1.13. The molecule has 1 unspecified atom stereocenters. The minimum absolute atomic E-state index is 0.00601. The van der Waals surface area contributed by atoms with Gasteiger partial charge in [0.15, 0.2) is 0 Å². The molecule has 0 aromatic carbocycles. The van der Waals surface area contributed by atoms with E-state index in [2.05, 4.69) is 4.75 Å². The van der Waals surface area contributed by atoms with Gasteiger partial charge in [-0.1, -0.05) is 0 Å². The molecule has 0 aliphatic heterocycles. The molecule has 1 atom stereocenters. The molecular weight excluding hydrogens is 169 g/mol. The van der Waals surface area contributed by atoms with Gasteiger partial charge < -0.3 is 15.7 Å². The highest BCUT2D eigenvalue weighted by molar-refractivity contribution is 7.37. The summed E-state index contributed by atoms with van der Waals surface area (Å²) in [5.41, 5.74) is 5.22. The van der Waals surface area contributed by atoms with E-state index in [1.807, 2.05) is 0 Å². The van der Waals surface area contributed by atoms with Gasteiger partial charge in [0.05, 0.1) is 0 Å². The second kappa shape index (κ2) is 2.86. The van der Waals surface area contributed by atoms with E-state index in [9.17, 15) is 9.69 Å². The van der Waals surface area contributed by atoms with Gasteiger partial charge in [-0.25, -0.2) is 0 Å². The molecule has 0 saturated heterocycles. The highest BCUT2D eigenvalue weighted by Crippen LogP contribution is 2.15. The molecule has 6 nitrogen and oxygen atoms in total. The first kappa shape index (κ1) is 7.97. The number of carboxylic acid groups (broad SMARTS) is 1. The third kappa shape index (κ3) is 1.89. The smallest absolute Gasteiger partial charge is 0.323 e. The maximum absolute atomic E-state index is 10.6. The van der Waals surface area contributed by atoms with E-state index in [1.54, 1.807) is 0 Å². The van der Waals surface area contributed by atoms with Crippen LogP contribution in [0.3, 0.4) is 0 Å². The molecule has 0 aliphatic rings. The Labute approximate surface area is 63.1 Å². The third-order valence-electron chi connectivity index (χ3n) is 1.04.